The Hall–Kier alpha value is -4.26. The molecular formula is C28H27FN4O2. The van der Waals surface area contributed by atoms with Gasteiger partial charge in [0.05, 0.1) is 36.4 Å². The smallest absolute Gasteiger partial charge is 0.260 e. The van der Waals surface area contributed by atoms with Crippen molar-refractivity contribution in [2.24, 2.45) is 0 Å². The van der Waals surface area contributed by atoms with E-state index >= 15 is 0 Å². The van der Waals surface area contributed by atoms with Gasteiger partial charge in [0, 0.05) is 18.0 Å². The Morgan fingerprint density at radius 3 is 2.54 bits per heavy atom. The van der Waals surface area contributed by atoms with Gasteiger partial charge in [0.15, 0.2) is 0 Å². The van der Waals surface area contributed by atoms with Gasteiger partial charge in [-0.2, -0.15) is 0 Å². The second-order valence-corrected chi connectivity index (χ2v) is 8.19. The minimum atomic E-state index is -0.314. The minimum Gasteiger partial charge on any atom is -0.495 e. The van der Waals surface area contributed by atoms with Crippen molar-refractivity contribution in [3.63, 3.8) is 0 Å². The number of anilines is 1. The summed E-state index contributed by atoms with van der Waals surface area (Å²) >= 11 is 0. The Bertz CT molecular complexity index is 1410. The van der Waals surface area contributed by atoms with Crippen molar-refractivity contribution < 1.29 is 13.9 Å². The van der Waals surface area contributed by atoms with Crippen molar-refractivity contribution in [2.75, 3.05) is 12.0 Å². The van der Waals surface area contributed by atoms with E-state index < -0.39 is 0 Å². The van der Waals surface area contributed by atoms with Crippen LogP contribution in [0.1, 0.15) is 42.8 Å². The van der Waals surface area contributed by atoms with Crippen molar-refractivity contribution >= 4 is 23.4 Å². The predicted octanol–water partition coefficient (Wildman–Crippen LogP) is 6.01. The second kappa shape index (κ2) is 9.54. The van der Waals surface area contributed by atoms with Gasteiger partial charge in [-0.15, -0.1) is 0 Å². The second-order valence-electron chi connectivity index (χ2n) is 8.19. The quantitative estimate of drug-likeness (QED) is 0.335. The molecule has 2 aromatic heterocycles. The molecule has 1 amide bonds. The molecule has 1 atom stereocenters. The molecule has 2 aromatic carbocycles. The normalized spacial score (nSPS) is 14.6. The Kier molecular flexibility index (Phi) is 6.51. The van der Waals surface area contributed by atoms with Crippen LogP contribution >= 0.6 is 0 Å². The zero-order valence-electron chi connectivity index (χ0n) is 19.1. The van der Waals surface area contributed by atoms with Crippen LogP contribution in [0.2, 0.25) is 0 Å². The fourth-order valence-corrected chi connectivity index (χ4v) is 4.25. The molecule has 0 spiro atoms. The van der Waals surface area contributed by atoms with E-state index in [2.05, 4.69) is 9.97 Å². The molecule has 1 unspecified atom stereocenters. The number of hydrogen-bond acceptors (Lipinski definition) is 4. The van der Waals surface area contributed by atoms with E-state index in [1.807, 2.05) is 61.0 Å². The predicted molar refractivity (Wildman–Crippen MR) is 136 cm³/mol. The number of carbonyl (C=O) groups excluding carboxylic acids is 1. The number of rotatable bonds is 5. The molecule has 6 nitrogen and oxygen atoms in total. The number of pyridine rings is 1. The van der Waals surface area contributed by atoms with Gasteiger partial charge < -0.3 is 9.30 Å². The molecule has 1 aliphatic rings. The van der Waals surface area contributed by atoms with Crippen LogP contribution in [0.5, 0.6) is 5.75 Å². The monoisotopic (exact) mass is 470 g/mol. The highest BCUT2D eigenvalue weighted by Crippen LogP contribution is 2.41. The Morgan fingerprint density at radius 2 is 1.86 bits per heavy atom. The number of nitrogens with zero attached hydrogens (tertiary/aromatic N) is 4. The maximum Gasteiger partial charge on any atom is 0.260 e. The van der Waals surface area contributed by atoms with Crippen LogP contribution < -0.4 is 9.64 Å². The number of hydrogen-bond donors (Lipinski definition) is 0. The van der Waals surface area contributed by atoms with E-state index in [1.165, 1.54) is 12.1 Å². The average Bonchev–Trinajstić information content (AvgIpc) is 3.40. The number of methoxy groups -OCH3 is 1. The number of aromatic nitrogens is 3. The van der Waals surface area contributed by atoms with Gasteiger partial charge in [-0.3, -0.25) is 9.69 Å². The summed E-state index contributed by atoms with van der Waals surface area (Å²) in [4.78, 5) is 24.0. The van der Waals surface area contributed by atoms with E-state index in [0.717, 1.165) is 28.1 Å². The van der Waals surface area contributed by atoms with Crippen molar-refractivity contribution in [1.82, 2.24) is 14.5 Å². The van der Waals surface area contributed by atoms with E-state index in [1.54, 1.807) is 36.7 Å². The summed E-state index contributed by atoms with van der Waals surface area (Å²) in [5.74, 6) is 0.790. The largest absolute Gasteiger partial charge is 0.495 e. The molecule has 1 aliphatic heterocycles. The first kappa shape index (κ1) is 23.9. The summed E-state index contributed by atoms with van der Waals surface area (Å²) in [6, 6.07) is 15.4. The number of halogens is 1. The lowest BCUT2D eigenvalue weighted by Gasteiger charge is -2.24. The number of benzene rings is 2. The fourth-order valence-electron chi connectivity index (χ4n) is 4.25. The van der Waals surface area contributed by atoms with Crippen LogP contribution in [0, 0.1) is 12.7 Å². The molecular weight excluding hydrogens is 443 g/mol. The Labute approximate surface area is 204 Å². The van der Waals surface area contributed by atoms with Crippen molar-refractivity contribution in [3.05, 3.63) is 102 Å². The first-order valence-electron chi connectivity index (χ1n) is 10.9. The van der Waals surface area contributed by atoms with Crippen molar-refractivity contribution in [3.8, 4) is 11.4 Å². The highest BCUT2D eigenvalue weighted by molar-refractivity contribution is 6.35. The molecule has 0 saturated heterocycles. The van der Waals surface area contributed by atoms with E-state index in [9.17, 15) is 9.18 Å². The summed E-state index contributed by atoms with van der Waals surface area (Å²) in [6.45, 7) is 3.84. The van der Waals surface area contributed by atoms with Gasteiger partial charge >= 0.3 is 0 Å². The molecule has 35 heavy (non-hydrogen) atoms. The van der Waals surface area contributed by atoms with Gasteiger partial charge in [0.1, 0.15) is 17.4 Å². The van der Waals surface area contributed by atoms with Crippen LogP contribution in [0.4, 0.5) is 10.2 Å². The summed E-state index contributed by atoms with van der Waals surface area (Å²) in [5.41, 5.74) is 4.72. The SMILES string of the molecule is C.COc1cc(/C=C2/C(=O)N(C(C)c3ccc(F)cc3)c3ncccc32)ccc1-n1cnc(C)c1. The zero-order valence-corrected chi connectivity index (χ0v) is 19.1. The van der Waals surface area contributed by atoms with Gasteiger partial charge in [-0.05, 0) is 67.4 Å². The molecule has 3 heterocycles. The lowest BCUT2D eigenvalue weighted by Crippen LogP contribution is -2.30. The van der Waals surface area contributed by atoms with Crippen molar-refractivity contribution in [1.29, 1.82) is 0 Å². The van der Waals surface area contributed by atoms with Gasteiger partial charge in [0.2, 0.25) is 0 Å². The summed E-state index contributed by atoms with van der Waals surface area (Å²) < 4.78 is 21.0. The van der Waals surface area contributed by atoms with Crippen LogP contribution in [-0.4, -0.2) is 27.6 Å². The number of carbonyl (C=O) groups is 1. The van der Waals surface area contributed by atoms with E-state index in [0.29, 0.717) is 17.1 Å². The molecule has 0 aliphatic carbocycles. The number of ether oxygens (including phenoxy) is 1. The van der Waals surface area contributed by atoms with E-state index in [-0.39, 0.29) is 25.2 Å². The first-order valence-corrected chi connectivity index (χ1v) is 10.9. The molecule has 7 heteroatoms. The van der Waals surface area contributed by atoms with Crippen LogP contribution in [-0.2, 0) is 4.79 Å². The number of imidazole rings is 1. The van der Waals surface area contributed by atoms with Crippen LogP contribution in [0.25, 0.3) is 17.3 Å². The summed E-state index contributed by atoms with van der Waals surface area (Å²) in [6.07, 6.45) is 7.19. The number of amides is 1. The van der Waals surface area contributed by atoms with Gasteiger partial charge in [-0.25, -0.2) is 14.4 Å². The average molecular weight is 471 g/mol. The summed E-state index contributed by atoms with van der Waals surface area (Å²) in [5, 5.41) is 0. The molecule has 0 bridgehead atoms. The highest BCUT2D eigenvalue weighted by atomic mass is 19.1. The van der Waals surface area contributed by atoms with Crippen LogP contribution in [0.3, 0.4) is 0 Å². The topological polar surface area (TPSA) is 60.2 Å². The first-order chi connectivity index (χ1) is 16.5. The number of aryl methyl sites for hydroxylation is 1. The maximum atomic E-state index is 13.6. The zero-order chi connectivity index (χ0) is 23.8. The molecule has 0 N–H and O–H groups in total. The Morgan fingerprint density at radius 1 is 1.09 bits per heavy atom. The minimum absolute atomic E-state index is 0. The standard InChI is InChI=1S/C27H23FN4O2.CH4/c1-17-15-31(16-30-17)24-11-6-19(14-25(24)34-3)13-23-22-5-4-12-29-26(22)32(27(23)33)18(2)20-7-9-21(28)10-8-20;/h4-16,18H,1-3H3;1H4/b23-13+;. The highest BCUT2D eigenvalue weighted by Gasteiger charge is 2.37. The lowest BCUT2D eigenvalue weighted by molar-refractivity contribution is -0.113. The molecule has 178 valence electrons. The van der Waals surface area contributed by atoms with E-state index in [4.69, 9.17) is 4.74 Å². The van der Waals surface area contributed by atoms with Gasteiger partial charge in [-0.1, -0.05) is 25.6 Å². The third kappa shape index (κ3) is 4.33. The molecule has 4 aromatic rings. The molecule has 0 saturated carbocycles. The Balaban J connectivity index is 0.00000289. The van der Waals surface area contributed by atoms with Gasteiger partial charge in [0.25, 0.3) is 5.91 Å². The molecule has 0 fully saturated rings. The van der Waals surface area contributed by atoms with Crippen molar-refractivity contribution in [2.45, 2.75) is 27.3 Å². The number of fused-ring (bicyclic) bond motifs is 1. The summed E-state index contributed by atoms with van der Waals surface area (Å²) in [7, 11) is 1.62. The third-order valence-corrected chi connectivity index (χ3v) is 6.00. The molecule has 5 rings (SSSR count). The maximum absolute atomic E-state index is 13.6. The lowest BCUT2D eigenvalue weighted by atomic mass is 10.0. The molecule has 0 radical (unpaired) electrons. The fraction of sp³-hybridized carbons (Fsp3) is 0.179. The third-order valence-electron chi connectivity index (χ3n) is 6.00. The van der Waals surface area contributed by atoms with Crippen LogP contribution in [0.15, 0.2) is 73.3 Å².